The van der Waals surface area contributed by atoms with Crippen LogP contribution in [0.5, 0.6) is 5.75 Å². The van der Waals surface area contributed by atoms with E-state index in [1.807, 2.05) is 45.9 Å². The van der Waals surface area contributed by atoms with Crippen LogP contribution in [0.3, 0.4) is 0 Å². The first-order valence-corrected chi connectivity index (χ1v) is 7.62. The number of carbonyl (C=O) groups is 2. The number of hydrogen-bond acceptors (Lipinski definition) is 4. The van der Waals surface area contributed by atoms with Crippen LogP contribution in [-0.2, 0) is 14.3 Å². The monoisotopic (exact) mass is 319 g/mol. The molecule has 0 saturated carbocycles. The molecular weight excluding hydrogens is 294 g/mol. The van der Waals surface area contributed by atoms with Gasteiger partial charge < -0.3 is 14.4 Å². The Morgan fingerprint density at radius 3 is 2.30 bits per heavy atom. The molecule has 1 aromatic rings. The molecule has 0 saturated heterocycles. The number of aryl methyl sites for hydroxylation is 2. The number of likely N-dealkylation sites (N-methyl/N-ethyl adjacent to an activating group) is 1. The summed E-state index contributed by atoms with van der Waals surface area (Å²) >= 11 is 0. The van der Waals surface area contributed by atoms with Gasteiger partial charge in [-0.3, -0.25) is 4.79 Å². The molecule has 5 nitrogen and oxygen atoms in total. The molecule has 0 atom stereocenters. The van der Waals surface area contributed by atoms with E-state index in [0.29, 0.717) is 18.8 Å². The van der Waals surface area contributed by atoms with Crippen molar-refractivity contribution in [2.24, 2.45) is 0 Å². The van der Waals surface area contributed by atoms with Crippen molar-refractivity contribution in [1.29, 1.82) is 0 Å². The Kier molecular flexibility index (Phi) is 7.32. The Morgan fingerprint density at radius 2 is 1.78 bits per heavy atom. The first-order chi connectivity index (χ1) is 10.8. The molecule has 0 aliphatic carbocycles. The first-order valence-electron chi connectivity index (χ1n) is 7.62. The first kappa shape index (κ1) is 18.7. The summed E-state index contributed by atoms with van der Waals surface area (Å²) in [6.45, 7) is 11.8. The van der Waals surface area contributed by atoms with Gasteiger partial charge in [0, 0.05) is 13.1 Å². The van der Waals surface area contributed by atoms with Gasteiger partial charge in [0.2, 0.25) is 0 Å². The second-order valence-corrected chi connectivity index (χ2v) is 5.54. The predicted molar refractivity (Wildman–Crippen MR) is 89.4 cm³/mol. The van der Waals surface area contributed by atoms with Gasteiger partial charge in [-0.05, 0) is 38.8 Å². The Bertz CT molecular complexity index is 560. The van der Waals surface area contributed by atoms with Gasteiger partial charge in [-0.1, -0.05) is 30.4 Å². The maximum Gasteiger partial charge on any atom is 0.344 e. The molecule has 0 aliphatic rings. The minimum Gasteiger partial charge on any atom is -0.481 e. The second-order valence-electron chi connectivity index (χ2n) is 5.54. The topological polar surface area (TPSA) is 55.8 Å². The van der Waals surface area contributed by atoms with Crippen LogP contribution in [0, 0.1) is 13.8 Å². The molecule has 0 spiro atoms. The van der Waals surface area contributed by atoms with Crippen LogP contribution in [0.2, 0.25) is 0 Å². The lowest BCUT2D eigenvalue weighted by Crippen LogP contribution is -2.36. The van der Waals surface area contributed by atoms with E-state index < -0.39 is 5.97 Å². The zero-order chi connectivity index (χ0) is 17.4. The highest BCUT2D eigenvalue weighted by molar-refractivity contribution is 5.81. The molecular formula is C18H25NO4. The number of para-hydroxylation sites is 1. The van der Waals surface area contributed by atoms with Crippen molar-refractivity contribution in [2.75, 3.05) is 26.3 Å². The van der Waals surface area contributed by atoms with Crippen LogP contribution in [0.15, 0.2) is 30.4 Å². The van der Waals surface area contributed by atoms with Crippen LogP contribution in [0.25, 0.3) is 0 Å². The average Bonchev–Trinajstić information content (AvgIpc) is 2.49. The molecule has 0 radical (unpaired) electrons. The van der Waals surface area contributed by atoms with Gasteiger partial charge in [0.25, 0.3) is 5.91 Å². The summed E-state index contributed by atoms with van der Waals surface area (Å²) in [5.74, 6) is -0.128. The predicted octanol–water partition coefficient (Wildman–Crippen LogP) is 2.65. The van der Waals surface area contributed by atoms with Crippen LogP contribution < -0.4 is 4.74 Å². The summed E-state index contributed by atoms with van der Waals surface area (Å²) in [4.78, 5) is 25.3. The smallest absolute Gasteiger partial charge is 0.344 e. The lowest BCUT2D eigenvalue weighted by molar-refractivity contribution is -0.153. The van der Waals surface area contributed by atoms with Crippen molar-refractivity contribution in [3.8, 4) is 5.75 Å². The summed E-state index contributed by atoms with van der Waals surface area (Å²) in [6.07, 6.45) is 0. The van der Waals surface area contributed by atoms with Crippen LogP contribution in [-0.4, -0.2) is 43.1 Å². The highest BCUT2D eigenvalue weighted by Gasteiger charge is 2.15. The molecule has 1 amide bonds. The fraction of sp³-hybridized carbons (Fsp3) is 0.444. The molecule has 0 fully saturated rings. The summed E-state index contributed by atoms with van der Waals surface area (Å²) in [6, 6.07) is 5.75. The average molecular weight is 319 g/mol. The molecule has 5 heteroatoms. The van der Waals surface area contributed by atoms with Gasteiger partial charge >= 0.3 is 5.97 Å². The fourth-order valence-electron chi connectivity index (χ4n) is 2.14. The quantitative estimate of drug-likeness (QED) is 0.546. The lowest BCUT2D eigenvalue weighted by atomic mass is 10.1. The molecule has 1 rings (SSSR count). The minimum atomic E-state index is -0.563. The van der Waals surface area contributed by atoms with Crippen molar-refractivity contribution in [3.63, 3.8) is 0 Å². The standard InChI is InChI=1S/C18H25NO4/c1-6-19(10-13(2)3)16(20)11-22-17(21)12-23-18-14(4)8-7-9-15(18)5/h7-9H,2,6,10-12H2,1,3-5H3. The molecule has 126 valence electrons. The van der Waals surface area contributed by atoms with Crippen molar-refractivity contribution in [1.82, 2.24) is 4.90 Å². The lowest BCUT2D eigenvalue weighted by Gasteiger charge is -2.20. The van der Waals surface area contributed by atoms with Gasteiger partial charge in [0.05, 0.1) is 0 Å². The molecule has 0 heterocycles. The molecule has 0 bridgehead atoms. The molecule has 23 heavy (non-hydrogen) atoms. The number of rotatable bonds is 8. The van der Waals surface area contributed by atoms with E-state index in [1.165, 1.54) is 0 Å². The second kappa shape index (κ2) is 8.98. The van der Waals surface area contributed by atoms with Gasteiger partial charge in [-0.2, -0.15) is 0 Å². The van der Waals surface area contributed by atoms with E-state index in [9.17, 15) is 9.59 Å². The Hall–Kier alpha value is -2.30. The summed E-state index contributed by atoms with van der Waals surface area (Å²) in [7, 11) is 0. The molecule has 0 aromatic heterocycles. The third kappa shape index (κ3) is 6.14. The Labute approximate surface area is 137 Å². The zero-order valence-corrected chi connectivity index (χ0v) is 14.3. The number of carbonyl (C=O) groups excluding carboxylic acids is 2. The van der Waals surface area contributed by atoms with E-state index in [4.69, 9.17) is 9.47 Å². The van der Waals surface area contributed by atoms with Crippen LogP contribution >= 0.6 is 0 Å². The van der Waals surface area contributed by atoms with Gasteiger partial charge in [-0.25, -0.2) is 4.79 Å². The Balaban J connectivity index is 2.45. The molecule has 0 N–H and O–H groups in total. The third-order valence-corrected chi connectivity index (χ3v) is 3.29. The van der Waals surface area contributed by atoms with Crippen molar-refractivity contribution < 1.29 is 19.1 Å². The van der Waals surface area contributed by atoms with Crippen molar-refractivity contribution >= 4 is 11.9 Å². The third-order valence-electron chi connectivity index (χ3n) is 3.29. The van der Waals surface area contributed by atoms with Crippen molar-refractivity contribution in [2.45, 2.75) is 27.7 Å². The highest BCUT2D eigenvalue weighted by atomic mass is 16.6. The van der Waals surface area contributed by atoms with Crippen molar-refractivity contribution in [3.05, 3.63) is 41.5 Å². The minimum absolute atomic E-state index is 0.217. The zero-order valence-electron chi connectivity index (χ0n) is 14.3. The van der Waals surface area contributed by atoms with E-state index >= 15 is 0 Å². The number of amides is 1. The highest BCUT2D eigenvalue weighted by Crippen LogP contribution is 2.22. The number of hydrogen-bond donors (Lipinski definition) is 0. The van der Waals surface area contributed by atoms with Gasteiger partial charge in [0.1, 0.15) is 5.75 Å². The summed E-state index contributed by atoms with van der Waals surface area (Å²) in [5.41, 5.74) is 2.78. The number of esters is 1. The number of benzene rings is 1. The van der Waals surface area contributed by atoms with Gasteiger partial charge in [-0.15, -0.1) is 0 Å². The van der Waals surface area contributed by atoms with Crippen LogP contribution in [0.1, 0.15) is 25.0 Å². The molecule has 1 aromatic carbocycles. The van der Waals surface area contributed by atoms with Gasteiger partial charge in [0.15, 0.2) is 13.2 Å². The summed E-state index contributed by atoms with van der Waals surface area (Å²) < 4.78 is 10.5. The number of ether oxygens (including phenoxy) is 2. The SMILES string of the molecule is C=C(C)CN(CC)C(=O)COC(=O)COc1c(C)cccc1C. The maximum absolute atomic E-state index is 12.0. The molecule has 0 unspecified atom stereocenters. The number of nitrogens with zero attached hydrogens (tertiary/aromatic N) is 1. The van der Waals surface area contributed by atoms with E-state index in [0.717, 1.165) is 16.7 Å². The largest absolute Gasteiger partial charge is 0.481 e. The maximum atomic E-state index is 12.0. The molecule has 0 aliphatic heterocycles. The van der Waals surface area contributed by atoms with E-state index in [1.54, 1.807) is 4.90 Å². The fourth-order valence-corrected chi connectivity index (χ4v) is 2.14. The summed E-state index contributed by atoms with van der Waals surface area (Å²) in [5, 5.41) is 0. The normalized spacial score (nSPS) is 10.1. The Morgan fingerprint density at radius 1 is 1.17 bits per heavy atom. The van der Waals surface area contributed by atoms with E-state index in [2.05, 4.69) is 6.58 Å². The van der Waals surface area contributed by atoms with E-state index in [-0.39, 0.29) is 19.1 Å². The van der Waals surface area contributed by atoms with Crippen LogP contribution in [0.4, 0.5) is 0 Å².